The molecule has 1 saturated heterocycles. The van der Waals surface area contributed by atoms with E-state index < -0.39 is 0 Å². The number of aliphatic hydroxyl groups excluding tert-OH is 1. The summed E-state index contributed by atoms with van der Waals surface area (Å²) in [5.74, 6) is 0.721. The molecule has 0 spiro atoms. The summed E-state index contributed by atoms with van der Waals surface area (Å²) in [6.45, 7) is 2.62. The molecule has 0 bridgehead atoms. The van der Waals surface area contributed by atoms with Crippen molar-refractivity contribution in [2.24, 2.45) is 0 Å². The van der Waals surface area contributed by atoms with Gasteiger partial charge in [0.05, 0.1) is 11.1 Å². The maximum Gasteiger partial charge on any atom is 0.225 e. The lowest BCUT2D eigenvalue weighted by Crippen LogP contribution is -2.52. The number of nitrogens with zero attached hydrogens (tertiary/aromatic N) is 3. The largest absolute Gasteiger partial charge is 0.395 e. The fourth-order valence-corrected chi connectivity index (χ4v) is 1.80. The van der Waals surface area contributed by atoms with Gasteiger partial charge in [-0.05, 0) is 15.9 Å². The van der Waals surface area contributed by atoms with Crippen molar-refractivity contribution < 1.29 is 5.11 Å². The van der Waals surface area contributed by atoms with Gasteiger partial charge in [-0.2, -0.15) is 0 Å². The van der Waals surface area contributed by atoms with E-state index in [4.69, 9.17) is 5.11 Å². The number of piperazine rings is 1. The third-order valence-corrected chi connectivity index (χ3v) is 2.77. The summed E-state index contributed by atoms with van der Waals surface area (Å²) in [6, 6.07) is 0.117. The molecule has 0 radical (unpaired) electrons. The summed E-state index contributed by atoms with van der Waals surface area (Å²) < 4.78 is 0.875. The predicted octanol–water partition coefficient (Wildman–Crippen LogP) is 0.431. The lowest BCUT2D eigenvalue weighted by atomic mass is 10.2. The highest BCUT2D eigenvalue weighted by molar-refractivity contribution is 9.10. The van der Waals surface area contributed by atoms with E-state index in [0.29, 0.717) is 0 Å². The summed E-state index contributed by atoms with van der Waals surface area (Å²) in [5.41, 5.74) is 0. The Kier molecular flexibility index (Phi) is 5.40. The first kappa shape index (κ1) is 13.6. The van der Waals surface area contributed by atoms with E-state index in [1.807, 2.05) is 0 Å². The van der Waals surface area contributed by atoms with Crippen molar-refractivity contribution in [3.63, 3.8) is 0 Å². The predicted molar refractivity (Wildman–Crippen MR) is 68.1 cm³/mol. The molecule has 0 unspecified atom stereocenters. The fraction of sp³-hybridized carbons (Fsp3) is 0.556. The van der Waals surface area contributed by atoms with Gasteiger partial charge in [0.2, 0.25) is 5.95 Å². The zero-order valence-corrected chi connectivity index (χ0v) is 11.0. The minimum Gasteiger partial charge on any atom is -0.395 e. The van der Waals surface area contributed by atoms with Crippen molar-refractivity contribution >= 4 is 34.3 Å². The molecule has 1 aromatic rings. The number of hydrogen-bond donors (Lipinski definition) is 2. The van der Waals surface area contributed by atoms with E-state index in [-0.39, 0.29) is 25.1 Å². The zero-order valence-electron chi connectivity index (χ0n) is 8.64. The van der Waals surface area contributed by atoms with Crippen LogP contribution in [0.3, 0.4) is 0 Å². The first-order valence-electron chi connectivity index (χ1n) is 4.86. The Labute approximate surface area is 109 Å². The van der Waals surface area contributed by atoms with Crippen LogP contribution >= 0.6 is 28.3 Å². The van der Waals surface area contributed by atoms with Gasteiger partial charge in [0.15, 0.2) is 0 Å². The van der Waals surface area contributed by atoms with Gasteiger partial charge in [0.1, 0.15) is 0 Å². The van der Waals surface area contributed by atoms with Gasteiger partial charge in [0.25, 0.3) is 0 Å². The molecule has 1 fully saturated rings. The second-order valence-corrected chi connectivity index (χ2v) is 4.40. The van der Waals surface area contributed by atoms with E-state index in [1.54, 1.807) is 12.4 Å². The smallest absolute Gasteiger partial charge is 0.225 e. The summed E-state index contributed by atoms with van der Waals surface area (Å²) in [5, 5.41) is 12.3. The minimum atomic E-state index is 0. The third kappa shape index (κ3) is 3.28. The van der Waals surface area contributed by atoms with Crippen LogP contribution in [-0.2, 0) is 0 Å². The Bertz CT molecular complexity index is 324. The molecule has 2 N–H and O–H groups in total. The standard InChI is InChI=1S/C9H13BrN4O.ClH/c10-7-3-12-9(13-4-7)14-2-1-11-8(5-14)6-15;/h3-4,8,11,15H,1-2,5-6H2;1H/t8-;/m1./s1. The van der Waals surface area contributed by atoms with Crippen LogP contribution in [0.5, 0.6) is 0 Å². The molecule has 0 aromatic carbocycles. The molecular weight excluding hydrogens is 295 g/mol. The number of hydrogen-bond acceptors (Lipinski definition) is 5. The van der Waals surface area contributed by atoms with Gasteiger partial charge in [-0.3, -0.25) is 0 Å². The van der Waals surface area contributed by atoms with Gasteiger partial charge in [-0.1, -0.05) is 0 Å². The van der Waals surface area contributed by atoms with Crippen molar-refractivity contribution in [2.75, 3.05) is 31.1 Å². The van der Waals surface area contributed by atoms with Crippen LogP contribution in [0.15, 0.2) is 16.9 Å². The molecule has 1 aromatic heterocycles. The molecule has 0 amide bonds. The highest BCUT2D eigenvalue weighted by Crippen LogP contribution is 2.12. The molecular formula is C9H14BrClN4O. The average Bonchev–Trinajstić information content (AvgIpc) is 2.30. The molecule has 2 heterocycles. The van der Waals surface area contributed by atoms with Gasteiger partial charge in [0, 0.05) is 38.1 Å². The number of rotatable bonds is 2. The first-order chi connectivity index (χ1) is 7.29. The number of aromatic nitrogens is 2. The SMILES string of the molecule is Cl.OC[C@H]1CN(c2ncc(Br)cn2)CCN1. The number of anilines is 1. The van der Waals surface area contributed by atoms with Gasteiger partial charge in [-0.15, -0.1) is 12.4 Å². The maximum atomic E-state index is 9.06. The highest BCUT2D eigenvalue weighted by atomic mass is 79.9. The molecule has 90 valence electrons. The highest BCUT2D eigenvalue weighted by Gasteiger charge is 2.20. The van der Waals surface area contributed by atoms with Crippen LogP contribution in [0.25, 0.3) is 0 Å². The van der Waals surface area contributed by atoms with E-state index in [2.05, 4.69) is 36.1 Å². The van der Waals surface area contributed by atoms with Crippen molar-refractivity contribution in [3.8, 4) is 0 Å². The van der Waals surface area contributed by atoms with Crippen molar-refractivity contribution in [1.82, 2.24) is 15.3 Å². The lowest BCUT2D eigenvalue weighted by molar-refractivity contribution is 0.235. The first-order valence-corrected chi connectivity index (χ1v) is 5.65. The summed E-state index contributed by atoms with van der Waals surface area (Å²) >= 11 is 3.30. The van der Waals surface area contributed by atoms with Crippen LogP contribution < -0.4 is 10.2 Å². The second-order valence-electron chi connectivity index (χ2n) is 3.48. The van der Waals surface area contributed by atoms with E-state index in [9.17, 15) is 0 Å². The van der Waals surface area contributed by atoms with Crippen molar-refractivity contribution in [2.45, 2.75) is 6.04 Å². The lowest BCUT2D eigenvalue weighted by Gasteiger charge is -2.32. The van der Waals surface area contributed by atoms with Crippen LogP contribution in [0.1, 0.15) is 0 Å². The monoisotopic (exact) mass is 308 g/mol. The molecule has 16 heavy (non-hydrogen) atoms. The molecule has 1 aliphatic heterocycles. The number of nitrogens with one attached hydrogen (secondary N) is 1. The van der Waals surface area contributed by atoms with Crippen molar-refractivity contribution in [3.05, 3.63) is 16.9 Å². The van der Waals surface area contributed by atoms with E-state index >= 15 is 0 Å². The Hall–Kier alpha value is -0.430. The molecule has 7 heteroatoms. The summed E-state index contributed by atoms with van der Waals surface area (Å²) in [7, 11) is 0. The van der Waals surface area contributed by atoms with E-state index in [1.165, 1.54) is 0 Å². The van der Waals surface area contributed by atoms with Crippen molar-refractivity contribution in [1.29, 1.82) is 0 Å². The third-order valence-electron chi connectivity index (χ3n) is 2.37. The van der Waals surface area contributed by atoms with Crippen LogP contribution in [0, 0.1) is 0 Å². The topological polar surface area (TPSA) is 61.3 Å². The van der Waals surface area contributed by atoms with Crippen LogP contribution in [0.2, 0.25) is 0 Å². The number of aliphatic hydroxyl groups is 1. The molecule has 0 aliphatic carbocycles. The quantitative estimate of drug-likeness (QED) is 0.830. The van der Waals surface area contributed by atoms with Crippen LogP contribution in [-0.4, -0.2) is 47.4 Å². The maximum absolute atomic E-state index is 9.06. The number of halogens is 2. The van der Waals surface area contributed by atoms with Crippen LogP contribution in [0.4, 0.5) is 5.95 Å². The molecule has 1 aliphatic rings. The molecule has 2 rings (SSSR count). The zero-order chi connectivity index (χ0) is 10.7. The Morgan fingerprint density at radius 1 is 1.50 bits per heavy atom. The Morgan fingerprint density at radius 3 is 2.81 bits per heavy atom. The molecule has 1 atom stereocenters. The Morgan fingerprint density at radius 2 is 2.19 bits per heavy atom. The van der Waals surface area contributed by atoms with Gasteiger partial charge in [-0.25, -0.2) is 9.97 Å². The van der Waals surface area contributed by atoms with Gasteiger partial charge < -0.3 is 15.3 Å². The van der Waals surface area contributed by atoms with E-state index in [0.717, 1.165) is 30.1 Å². The molecule has 0 saturated carbocycles. The Balaban J connectivity index is 0.00000128. The fourth-order valence-electron chi connectivity index (χ4n) is 1.60. The summed E-state index contributed by atoms with van der Waals surface area (Å²) in [4.78, 5) is 10.5. The summed E-state index contributed by atoms with van der Waals surface area (Å²) in [6.07, 6.45) is 3.47. The second kappa shape index (κ2) is 6.34. The minimum absolute atomic E-state index is 0. The molecule has 5 nitrogen and oxygen atoms in total. The normalized spacial score (nSPS) is 20.4. The average molecular weight is 310 g/mol. The van der Waals surface area contributed by atoms with Gasteiger partial charge >= 0.3 is 0 Å².